The van der Waals surface area contributed by atoms with E-state index in [0.29, 0.717) is 12.1 Å². The Bertz CT molecular complexity index is 83.0. The number of rotatable bonds is 2. The van der Waals surface area contributed by atoms with Gasteiger partial charge in [0, 0.05) is 19.2 Å². The molecule has 9 heavy (non-hydrogen) atoms. The summed E-state index contributed by atoms with van der Waals surface area (Å²) in [5, 5.41) is 3.43. The molecular formula is C7H15NO. The summed E-state index contributed by atoms with van der Waals surface area (Å²) >= 11 is 0. The van der Waals surface area contributed by atoms with Gasteiger partial charge >= 0.3 is 0 Å². The SMILES string of the molecule is COC[C@@H]1CC[C@H](C)N1. The van der Waals surface area contributed by atoms with Crippen LogP contribution in [0.1, 0.15) is 19.8 Å². The summed E-state index contributed by atoms with van der Waals surface area (Å²) in [4.78, 5) is 0. The normalized spacial score (nSPS) is 35.3. The van der Waals surface area contributed by atoms with Crippen LogP contribution in [-0.2, 0) is 4.74 Å². The third kappa shape index (κ3) is 1.95. The van der Waals surface area contributed by atoms with Crippen LogP contribution in [0.5, 0.6) is 0 Å². The molecule has 54 valence electrons. The molecule has 2 heteroatoms. The van der Waals surface area contributed by atoms with E-state index in [1.807, 2.05) is 0 Å². The maximum absolute atomic E-state index is 5.01. The largest absolute Gasteiger partial charge is 0.383 e. The molecule has 1 saturated heterocycles. The van der Waals surface area contributed by atoms with Crippen LogP contribution in [0.25, 0.3) is 0 Å². The lowest BCUT2D eigenvalue weighted by molar-refractivity contribution is 0.172. The molecule has 1 N–H and O–H groups in total. The van der Waals surface area contributed by atoms with Crippen molar-refractivity contribution < 1.29 is 4.74 Å². The van der Waals surface area contributed by atoms with Gasteiger partial charge in [-0.3, -0.25) is 0 Å². The van der Waals surface area contributed by atoms with Gasteiger partial charge in [0.2, 0.25) is 0 Å². The zero-order chi connectivity index (χ0) is 6.69. The van der Waals surface area contributed by atoms with Crippen molar-refractivity contribution in [2.45, 2.75) is 31.8 Å². The van der Waals surface area contributed by atoms with Crippen LogP contribution < -0.4 is 5.32 Å². The van der Waals surface area contributed by atoms with Crippen molar-refractivity contribution in [3.63, 3.8) is 0 Å². The molecule has 0 aliphatic carbocycles. The van der Waals surface area contributed by atoms with Gasteiger partial charge in [-0.2, -0.15) is 0 Å². The molecule has 0 bridgehead atoms. The zero-order valence-corrected chi connectivity index (χ0v) is 6.18. The maximum atomic E-state index is 5.01. The van der Waals surface area contributed by atoms with Crippen molar-refractivity contribution in [3.8, 4) is 0 Å². The van der Waals surface area contributed by atoms with Crippen LogP contribution in [0.3, 0.4) is 0 Å². The summed E-state index contributed by atoms with van der Waals surface area (Å²) in [6.45, 7) is 3.08. The number of nitrogens with one attached hydrogen (secondary N) is 1. The molecule has 0 aromatic heterocycles. The molecule has 2 atom stereocenters. The van der Waals surface area contributed by atoms with Crippen molar-refractivity contribution in [1.29, 1.82) is 0 Å². The minimum absolute atomic E-state index is 0.616. The van der Waals surface area contributed by atoms with Gasteiger partial charge in [0.1, 0.15) is 0 Å². The second-order valence-electron chi connectivity index (χ2n) is 2.80. The molecule has 1 aliphatic rings. The molecule has 1 aliphatic heterocycles. The summed E-state index contributed by atoms with van der Waals surface area (Å²) in [5.74, 6) is 0. The van der Waals surface area contributed by atoms with Gasteiger partial charge in [-0.1, -0.05) is 0 Å². The minimum Gasteiger partial charge on any atom is -0.383 e. The van der Waals surface area contributed by atoms with Crippen molar-refractivity contribution in [1.82, 2.24) is 5.32 Å². The predicted molar refractivity (Wildman–Crippen MR) is 37.5 cm³/mol. The van der Waals surface area contributed by atoms with E-state index in [-0.39, 0.29) is 0 Å². The Kier molecular flexibility index (Phi) is 2.49. The Morgan fingerprint density at radius 1 is 1.56 bits per heavy atom. The van der Waals surface area contributed by atoms with E-state index in [9.17, 15) is 0 Å². The first kappa shape index (κ1) is 7.03. The molecule has 0 aromatic carbocycles. The van der Waals surface area contributed by atoms with Crippen LogP contribution in [0, 0.1) is 0 Å². The van der Waals surface area contributed by atoms with Crippen LogP contribution >= 0.6 is 0 Å². The molecule has 2 nitrogen and oxygen atoms in total. The van der Waals surface area contributed by atoms with Gasteiger partial charge in [-0.25, -0.2) is 0 Å². The van der Waals surface area contributed by atoms with E-state index in [1.54, 1.807) is 7.11 Å². The fourth-order valence-electron chi connectivity index (χ4n) is 1.35. The fraction of sp³-hybridized carbons (Fsp3) is 1.00. The molecule has 0 saturated carbocycles. The lowest BCUT2D eigenvalue weighted by Crippen LogP contribution is -2.30. The Balaban J connectivity index is 2.14. The van der Waals surface area contributed by atoms with Gasteiger partial charge in [0.05, 0.1) is 6.61 Å². The Labute approximate surface area is 56.6 Å². The Hall–Kier alpha value is -0.0800. The quantitative estimate of drug-likeness (QED) is 0.594. The van der Waals surface area contributed by atoms with E-state index in [1.165, 1.54) is 12.8 Å². The first-order valence-electron chi connectivity index (χ1n) is 3.58. The summed E-state index contributed by atoms with van der Waals surface area (Å²) in [6, 6.07) is 1.31. The highest BCUT2D eigenvalue weighted by atomic mass is 16.5. The van der Waals surface area contributed by atoms with Gasteiger partial charge in [-0.05, 0) is 19.8 Å². The molecule has 0 aromatic rings. The topological polar surface area (TPSA) is 21.3 Å². The van der Waals surface area contributed by atoms with E-state index >= 15 is 0 Å². The molecular weight excluding hydrogens is 114 g/mol. The van der Waals surface area contributed by atoms with E-state index < -0.39 is 0 Å². The van der Waals surface area contributed by atoms with Crippen molar-refractivity contribution in [2.24, 2.45) is 0 Å². The highest BCUT2D eigenvalue weighted by molar-refractivity contribution is 4.79. The van der Waals surface area contributed by atoms with E-state index in [2.05, 4.69) is 12.2 Å². The smallest absolute Gasteiger partial charge is 0.0615 e. The van der Waals surface area contributed by atoms with Crippen LogP contribution in [0.2, 0.25) is 0 Å². The maximum Gasteiger partial charge on any atom is 0.0615 e. The number of hydrogen-bond donors (Lipinski definition) is 1. The first-order chi connectivity index (χ1) is 4.33. The third-order valence-corrected chi connectivity index (χ3v) is 1.84. The standard InChI is InChI=1S/C7H15NO/c1-6-3-4-7(8-6)5-9-2/h6-8H,3-5H2,1-2H3/t6-,7-/m0/s1. The van der Waals surface area contributed by atoms with Gasteiger partial charge < -0.3 is 10.1 Å². The average Bonchev–Trinajstić information content (AvgIpc) is 2.17. The Morgan fingerprint density at radius 3 is 2.78 bits per heavy atom. The lowest BCUT2D eigenvalue weighted by atomic mass is 10.2. The van der Waals surface area contributed by atoms with Crippen molar-refractivity contribution >= 4 is 0 Å². The predicted octanol–water partition coefficient (Wildman–Crippen LogP) is 0.773. The van der Waals surface area contributed by atoms with Gasteiger partial charge in [0.25, 0.3) is 0 Å². The Morgan fingerprint density at radius 2 is 2.33 bits per heavy atom. The van der Waals surface area contributed by atoms with Gasteiger partial charge in [0.15, 0.2) is 0 Å². The van der Waals surface area contributed by atoms with E-state index in [0.717, 1.165) is 6.61 Å². The highest BCUT2D eigenvalue weighted by Gasteiger charge is 2.18. The van der Waals surface area contributed by atoms with Crippen molar-refractivity contribution in [2.75, 3.05) is 13.7 Å². The molecule has 1 rings (SSSR count). The monoisotopic (exact) mass is 129 g/mol. The molecule has 1 heterocycles. The minimum atomic E-state index is 0.616. The van der Waals surface area contributed by atoms with Crippen LogP contribution in [-0.4, -0.2) is 25.8 Å². The fourth-order valence-corrected chi connectivity index (χ4v) is 1.35. The summed E-state index contributed by atoms with van der Waals surface area (Å²) in [7, 11) is 1.75. The molecule has 0 radical (unpaired) electrons. The summed E-state index contributed by atoms with van der Waals surface area (Å²) in [5.41, 5.74) is 0. The van der Waals surface area contributed by atoms with E-state index in [4.69, 9.17) is 4.74 Å². The second-order valence-corrected chi connectivity index (χ2v) is 2.80. The number of ether oxygens (including phenoxy) is 1. The summed E-state index contributed by atoms with van der Waals surface area (Å²) < 4.78 is 5.01. The second kappa shape index (κ2) is 3.18. The lowest BCUT2D eigenvalue weighted by Gasteiger charge is -2.08. The van der Waals surface area contributed by atoms with Crippen LogP contribution in [0.15, 0.2) is 0 Å². The van der Waals surface area contributed by atoms with Gasteiger partial charge in [-0.15, -0.1) is 0 Å². The molecule has 1 fully saturated rings. The third-order valence-electron chi connectivity index (χ3n) is 1.84. The van der Waals surface area contributed by atoms with Crippen LogP contribution in [0.4, 0.5) is 0 Å². The average molecular weight is 129 g/mol. The molecule has 0 amide bonds. The highest BCUT2D eigenvalue weighted by Crippen LogP contribution is 2.10. The molecule has 0 spiro atoms. The number of hydrogen-bond acceptors (Lipinski definition) is 2. The van der Waals surface area contributed by atoms with Crippen molar-refractivity contribution in [3.05, 3.63) is 0 Å². The first-order valence-corrected chi connectivity index (χ1v) is 3.58. The zero-order valence-electron chi connectivity index (χ0n) is 6.18. The molecule has 0 unspecified atom stereocenters. The summed E-state index contributed by atoms with van der Waals surface area (Å²) in [6.07, 6.45) is 2.57. The number of methoxy groups -OCH3 is 1.